The van der Waals surface area contributed by atoms with Crippen LogP contribution in [-0.2, 0) is 6.54 Å². The Hall–Kier alpha value is -2.41. The second kappa shape index (κ2) is 5.08. The zero-order valence-electron chi connectivity index (χ0n) is 9.51. The maximum atomic E-state index is 8.65. The molecule has 2 heterocycles. The molecule has 1 N–H and O–H groups in total. The van der Waals surface area contributed by atoms with Crippen molar-refractivity contribution in [1.29, 1.82) is 5.26 Å². The molecule has 2 aromatic rings. The van der Waals surface area contributed by atoms with E-state index in [9.17, 15) is 0 Å². The number of nitrogens with zero attached hydrogens (tertiary/aromatic N) is 3. The van der Waals surface area contributed by atoms with Gasteiger partial charge in [-0.15, -0.1) is 0 Å². The van der Waals surface area contributed by atoms with E-state index in [1.54, 1.807) is 24.5 Å². The van der Waals surface area contributed by atoms with E-state index in [2.05, 4.69) is 15.3 Å². The number of anilines is 1. The molecule has 0 aliphatic heterocycles. The molecule has 0 unspecified atom stereocenters. The van der Waals surface area contributed by atoms with Crippen LogP contribution in [0, 0.1) is 18.3 Å². The van der Waals surface area contributed by atoms with Crippen molar-refractivity contribution >= 4 is 5.82 Å². The minimum atomic E-state index is 0.560. The molecular formula is C13H12N4. The van der Waals surface area contributed by atoms with Gasteiger partial charge in [-0.05, 0) is 30.7 Å². The molecule has 2 aromatic heterocycles. The van der Waals surface area contributed by atoms with Crippen LogP contribution >= 0.6 is 0 Å². The summed E-state index contributed by atoms with van der Waals surface area (Å²) in [5.74, 6) is 0.744. The topological polar surface area (TPSA) is 61.6 Å². The van der Waals surface area contributed by atoms with E-state index in [1.807, 2.05) is 25.1 Å². The van der Waals surface area contributed by atoms with E-state index >= 15 is 0 Å². The predicted octanol–water partition coefficient (Wildman–Crippen LogP) is 2.27. The van der Waals surface area contributed by atoms with Gasteiger partial charge in [0.05, 0.1) is 17.8 Å². The quantitative estimate of drug-likeness (QED) is 0.868. The standard InChI is InChI=1S/C13H12N4/c1-10-3-2-6-15-12(10)9-17-13-5-4-11(7-14)8-16-13/h2-6,8H,9H2,1H3,(H,16,17). The molecule has 84 valence electrons. The van der Waals surface area contributed by atoms with Gasteiger partial charge in [0.1, 0.15) is 11.9 Å². The van der Waals surface area contributed by atoms with Crippen LogP contribution in [0.4, 0.5) is 5.82 Å². The number of nitriles is 1. The Kier molecular flexibility index (Phi) is 3.31. The highest BCUT2D eigenvalue weighted by molar-refractivity contribution is 5.39. The molecule has 0 saturated carbocycles. The number of hydrogen-bond acceptors (Lipinski definition) is 4. The fourth-order valence-corrected chi connectivity index (χ4v) is 1.44. The van der Waals surface area contributed by atoms with Crippen molar-refractivity contribution in [3.63, 3.8) is 0 Å². The molecule has 17 heavy (non-hydrogen) atoms. The van der Waals surface area contributed by atoms with E-state index in [0.29, 0.717) is 12.1 Å². The summed E-state index contributed by atoms with van der Waals surface area (Å²) in [7, 11) is 0. The van der Waals surface area contributed by atoms with Gasteiger partial charge < -0.3 is 5.32 Å². The summed E-state index contributed by atoms with van der Waals surface area (Å²) in [6.45, 7) is 2.65. The zero-order chi connectivity index (χ0) is 12.1. The van der Waals surface area contributed by atoms with Crippen molar-refractivity contribution in [3.8, 4) is 6.07 Å². The highest BCUT2D eigenvalue weighted by Crippen LogP contribution is 2.08. The summed E-state index contributed by atoms with van der Waals surface area (Å²) in [6, 6.07) is 9.50. The van der Waals surface area contributed by atoms with Gasteiger partial charge in [-0.1, -0.05) is 6.07 Å². The maximum absolute atomic E-state index is 8.65. The molecule has 4 nitrogen and oxygen atoms in total. The minimum absolute atomic E-state index is 0.560. The predicted molar refractivity (Wildman–Crippen MR) is 65.3 cm³/mol. The minimum Gasteiger partial charge on any atom is -0.364 e. The zero-order valence-corrected chi connectivity index (χ0v) is 9.51. The smallest absolute Gasteiger partial charge is 0.126 e. The molecule has 0 aliphatic rings. The van der Waals surface area contributed by atoms with Crippen molar-refractivity contribution in [2.75, 3.05) is 5.32 Å². The van der Waals surface area contributed by atoms with Crippen LogP contribution in [0.1, 0.15) is 16.8 Å². The molecule has 0 aliphatic carbocycles. The van der Waals surface area contributed by atoms with E-state index < -0.39 is 0 Å². The largest absolute Gasteiger partial charge is 0.364 e. The van der Waals surface area contributed by atoms with Gasteiger partial charge in [0.15, 0.2) is 0 Å². The Morgan fingerprint density at radius 2 is 2.18 bits per heavy atom. The molecule has 0 fully saturated rings. The van der Waals surface area contributed by atoms with Crippen molar-refractivity contribution in [1.82, 2.24) is 9.97 Å². The Bertz CT molecular complexity index is 540. The van der Waals surface area contributed by atoms with Gasteiger partial charge >= 0.3 is 0 Å². The lowest BCUT2D eigenvalue weighted by Crippen LogP contribution is -2.04. The van der Waals surface area contributed by atoms with Crippen LogP contribution in [0.15, 0.2) is 36.7 Å². The summed E-state index contributed by atoms with van der Waals surface area (Å²) >= 11 is 0. The van der Waals surface area contributed by atoms with Gasteiger partial charge in [-0.2, -0.15) is 5.26 Å². The van der Waals surface area contributed by atoms with Crippen LogP contribution < -0.4 is 5.32 Å². The first-order chi connectivity index (χ1) is 8.29. The highest BCUT2D eigenvalue weighted by atomic mass is 15.0. The van der Waals surface area contributed by atoms with Gasteiger partial charge in [0.25, 0.3) is 0 Å². The molecule has 0 amide bonds. The second-order valence-electron chi connectivity index (χ2n) is 3.66. The van der Waals surface area contributed by atoms with Crippen LogP contribution in [0.3, 0.4) is 0 Å². The first-order valence-corrected chi connectivity index (χ1v) is 5.30. The molecule has 2 rings (SSSR count). The lowest BCUT2D eigenvalue weighted by molar-refractivity contribution is 1.00. The molecule has 0 bridgehead atoms. The van der Waals surface area contributed by atoms with Crippen molar-refractivity contribution in [3.05, 3.63) is 53.5 Å². The van der Waals surface area contributed by atoms with Crippen LogP contribution in [-0.4, -0.2) is 9.97 Å². The SMILES string of the molecule is Cc1cccnc1CNc1ccc(C#N)cn1. The molecule has 4 heteroatoms. The lowest BCUT2D eigenvalue weighted by atomic mass is 10.2. The molecule has 0 saturated heterocycles. The molecule has 0 aromatic carbocycles. The summed E-state index contributed by atoms with van der Waals surface area (Å²) < 4.78 is 0. The first kappa shape index (κ1) is 11.1. The Morgan fingerprint density at radius 1 is 1.29 bits per heavy atom. The highest BCUT2D eigenvalue weighted by Gasteiger charge is 1.99. The van der Waals surface area contributed by atoms with Crippen molar-refractivity contribution in [2.45, 2.75) is 13.5 Å². The third-order valence-corrected chi connectivity index (χ3v) is 2.45. The normalized spacial score (nSPS) is 9.65. The Balaban J connectivity index is 2.03. The van der Waals surface area contributed by atoms with Gasteiger partial charge in [-0.3, -0.25) is 4.98 Å². The fraction of sp³-hybridized carbons (Fsp3) is 0.154. The average Bonchev–Trinajstić information content (AvgIpc) is 2.38. The summed E-state index contributed by atoms with van der Waals surface area (Å²) in [6.07, 6.45) is 3.32. The summed E-state index contributed by atoms with van der Waals surface area (Å²) in [4.78, 5) is 8.42. The molecule has 0 spiro atoms. The van der Waals surface area contributed by atoms with Crippen LogP contribution in [0.2, 0.25) is 0 Å². The summed E-state index contributed by atoms with van der Waals surface area (Å²) in [5.41, 5.74) is 2.71. The van der Waals surface area contributed by atoms with Gasteiger partial charge in [0.2, 0.25) is 0 Å². The Morgan fingerprint density at radius 3 is 2.82 bits per heavy atom. The van der Waals surface area contributed by atoms with Crippen molar-refractivity contribution < 1.29 is 0 Å². The molecular weight excluding hydrogens is 212 g/mol. The van der Waals surface area contributed by atoms with E-state index in [0.717, 1.165) is 17.1 Å². The van der Waals surface area contributed by atoms with E-state index in [1.165, 1.54) is 0 Å². The van der Waals surface area contributed by atoms with Crippen LogP contribution in [0.5, 0.6) is 0 Å². The average molecular weight is 224 g/mol. The van der Waals surface area contributed by atoms with E-state index in [-0.39, 0.29) is 0 Å². The number of rotatable bonds is 3. The second-order valence-corrected chi connectivity index (χ2v) is 3.66. The third kappa shape index (κ3) is 2.79. The molecule has 0 atom stereocenters. The van der Waals surface area contributed by atoms with E-state index in [4.69, 9.17) is 5.26 Å². The van der Waals surface area contributed by atoms with Gasteiger partial charge in [0, 0.05) is 12.4 Å². The maximum Gasteiger partial charge on any atom is 0.126 e. The number of pyridine rings is 2. The number of hydrogen-bond donors (Lipinski definition) is 1. The number of nitrogens with one attached hydrogen (secondary N) is 1. The third-order valence-electron chi connectivity index (χ3n) is 2.45. The lowest BCUT2D eigenvalue weighted by Gasteiger charge is -2.06. The van der Waals surface area contributed by atoms with Crippen molar-refractivity contribution in [2.24, 2.45) is 0 Å². The fourth-order valence-electron chi connectivity index (χ4n) is 1.44. The van der Waals surface area contributed by atoms with Crippen LogP contribution in [0.25, 0.3) is 0 Å². The number of aromatic nitrogens is 2. The van der Waals surface area contributed by atoms with Gasteiger partial charge in [-0.25, -0.2) is 4.98 Å². The monoisotopic (exact) mass is 224 g/mol. The molecule has 0 radical (unpaired) electrons. The Labute approximate surface area is 100.0 Å². The number of aryl methyl sites for hydroxylation is 1. The summed E-state index contributed by atoms with van der Waals surface area (Å²) in [5, 5.41) is 11.8. The first-order valence-electron chi connectivity index (χ1n) is 5.30.